The summed E-state index contributed by atoms with van der Waals surface area (Å²) < 4.78 is 60.2. The largest absolute Gasteiger partial charge is 0.490 e. The van der Waals surface area contributed by atoms with E-state index in [0.29, 0.717) is 19.5 Å². The van der Waals surface area contributed by atoms with Crippen LogP contribution in [0.2, 0.25) is 0 Å². The fourth-order valence-corrected chi connectivity index (χ4v) is 5.11. The van der Waals surface area contributed by atoms with Crippen LogP contribution in [-0.2, 0) is 26.2 Å². The Morgan fingerprint density at radius 3 is 2.50 bits per heavy atom. The van der Waals surface area contributed by atoms with E-state index in [-0.39, 0.29) is 10.8 Å². The van der Waals surface area contributed by atoms with E-state index >= 15 is 0 Å². The zero-order chi connectivity index (χ0) is 28.1. The molecule has 9 nitrogen and oxygen atoms in total. The third-order valence-electron chi connectivity index (χ3n) is 5.66. The summed E-state index contributed by atoms with van der Waals surface area (Å²) in [4.78, 5) is 23.6. The normalized spacial score (nSPS) is 16.1. The first-order valence-electron chi connectivity index (χ1n) is 11.2. The van der Waals surface area contributed by atoms with E-state index in [1.165, 1.54) is 6.21 Å². The maximum atomic E-state index is 12.9. The van der Waals surface area contributed by atoms with Gasteiger partial charge in [-0.15, -0.1) is 0 Å². The van der Waals surface area contributed by atoms with Gasteiger partial charge >= 0.3 is 12.1 Å². The number of alkyl halides is 3. The number of rotatable bonds is 6. The molecule has 202 valence electrons. The SMILES string of the molecule is Cc1ccc2ccc(S(=O)(=O)N[C@H]3CCN(Cc4cccc(C=NN)c4)C3=O)cc2c1.O=C(O)C(F)(F)F. The summed E-state index contributed by atoms with van der Waals surface area (Å²) in [5, 5.41) is 12.5. The van der Waals surface area contributed by atoms with Crippen LogP contribution >= 0.6 is 0 Å². The molecule has 0 spiro atoms. The Morgan fingerprint density at radius 2 is 1.84 bits per heavy atom. The van der Waals surface area contributed by atoms with Crippen LogP contribution in [0.5, 0.6) is 0 Å². The number of carboxylic acids is 1. The number of hydrazone groups is 1. The summed E-state index contributed by atoms with van der Waals surface area (Å²) in [6.07, 6.45) is -3.12. The number of hydrogen-bond donors (Lipinski definition) is 3. The Balaban J connectivity index is 0.000000505. The van der Waals surface area contributed by atoms with E-state index < -0.39 is 28.2 Å². The molecule has 0 bridgehead atoms. The van der Waals surface area contributed by atoms with Crippen LogP contribution in [0, 0.1) is 6.92 Å². The maximum Gasteiger partial charge on any atom is 0.490 e. The van der Waals surface area contributed by atoms with Gasteiger partial charge in [-0.1, -0.05) is 48.0 Å². The summed E-state index contributed by atoms with van der Waals surface area (Å²) in [6, 6.07) is 17.7. The summed E-state index contributed by atoms with van der Waals surface area (Å²) >= 11 is 0. The molecule has 4 rings (SSSR count). The highest BCUT2D eigenvalue weighted by atomic mass is 32.2. The number of sulfonamides is 1. The van der Waals surface area contributed by atoms with E-state index in [2.05, 4.69) is 9.82 Å². The zero-order valence-electron chi connectivity index (χ0n) is 20.1. The first kappa shape index (κ1) is 28.6. The van der Waals surface area contributed by atoms with Gasteiger partial charge in [-0.05, 0) is 53.4 Å². The second-order valence-corrected chi connectivity index (χ2v) is 10.3. The van der Waals surface area contributed by atoms with Gasteiger partial charge in [0, 0.05) is 13.1 Å². The third kappa shape index (κ3) is 7.29. The highest BCUT2D eigenvalue weighted by Gasteiger charge is 2.38. The minimum Gasteiger partial charge on any atom is -0.475 e. The second-order valence-electron chi connectivity index (χ2n) is 8.56. The summed E-state index contributed by atoms with van der Waals surface area (Å²) in [7, 11) is -3.82. The molecule has 1 atom stereocenters. The van der Waals surface area contributed by atoms with Crippen molar-refractivity contribution in [3.63, 3.8) is 0 Å². The van der Waals surface area contributed by atoms with Gasteiger partial charge in [0.05, 0.1) is 11.1 Å². The van der Waals surface area contributed by atoms with Crippen LogP contribution in [0.4, 0.5) is 13.2 Å². The van der Waals surface area contributed by atoms with Crippen LogP contribution < -0.4 is 10.6 Å². The Labute approximate surface area is 216 Å². The van der Waals surface area contributed by atoms with Gasteiger partial charge in [0.25, 0.3) is 0 Å². The molecule has 1 amide bonds. The number of aliphatic carboxylic acids is 1. The molecule has 38 heavy (non-hydrogen) atoms. The molecule has 1 saturated heterocycles. The molecular weight excluding hydrogens is 525 g/mol. The predicted molar refractivity (Wildman–Crippen MR) is 135 cm³/mol. The first-order valence-corrected chi connectivity index (χ1v) is 12.7. The van der Waals surface area contributed by atoms with E-state index in [1.54, 1.807) is 23.1 Å². The van der Waals surface area contributed by atoms with Gasteiger partial charge in [0.2, 0.25) is 15.9 Å². The number of nitrogens with one attached hydrogen (secondary N) is 1. The molecule has 1 fully saturated rings. The van der Waals surface area contributed by atoms with E-state index in [0.717, 1.165) is 27.5 Å². The fourth-order valence-electron chi connectivity index (χ4n) is 3.85. The highest BCUT2D eigenvalue weighted by molar-refractivity contribution is 7.89. The van der Waals surface area contributed by atoms with Crippen molar-refractivity contribution in [1.82, 2.24) is 9.62 Å². The Hall–Kier alpha value is -3.97. The average Bonchev–Trinajstić information content (AvgIpc) is 3.17. The number of carboxylic acid groups (broad SMARTS) is 1. The topological polar surface area (TPSA) is 142 Å². The number of nitrogens with two attached hydrogens (primary N) is 1. The quantitative estimate of drug-likeness (QED) is 0.245. The molecule has 0 radical (unpaired) electrons. The van der Waals surface area contributed by atoms with E-state index in [9.17, 15) is 26.4 Å². The molecule has 3 aromatic carbocycles. The zero-order valence-corrected chi connectivity index (χ0v) is 21.0. The number of carbonyl (C=O) groups excluding carboxylic acids is 1. The number of nitrogens with zero attached hydrogens (tertiary/aromatic N) is 2. The van der Waals surface area contributed by atoms with Gasteiger partial charge < -0.3 is 15.8 Å². The highest BCUT2D eigenvalue weighted by Crippen LogP contribution is 2.22. The molecule has 0 unspecified atom stereocenters. The molecule has 1 aliphatic heterocycles. The molecular formula is C25H25F3N4O5S. The summed E-state index contributed by atoms with van der Waals surface area (Å²) in [5.41, 5.74) is 2.83. The van der Waals surface area contributed by atoms with Crippen LogP contribution in [0.25, 0.3) is 10.8 Å². The standard InChI is InChI=1S/C23H24N4O3S.C2HF3O2/c1-16-5-6-19-7-8-21(13-20(19)11-16)31(29,30)26-22-9-10-27(23(22)28)15-18-4-2-3-17(12-18)14-25-24;3-2(4,5)1(6)7/h2-8,11-14,22,26H,9-10,15,24H2,1H3;(H,6,7)/t22-;/m0./s1. The molecule has 1 heterocycles. The van der Waals surface area contributed by atoms with Crippen molar-refractivity contribution in [3.8, 4) is 0 Å². The maximum absolute atomic E-state index is 12.9. The average molecular weight is 551 g/mol. The molecule has 4 N–H and O–H groups in total. The smallest absolute Gasteiger partial charge is 0.475 e. The van der Waals surface area contributed by atoms with Crippen molar-refractivity contribution in [1.29, 1.82) is 0 Å². The Bertz CT molecular complexity index is 1480. The lowest BCUT2D eigenvalue weighted by Crippen LogP contribution is -2.41. The minimum absolute atomic E-state index is 0.158. The predicted octanol–water partition coefficient (Wildman–Crippen LogP) is 3.15. The monoisotopic (exact) mass is 550 g/mol. The number of aryl methyl sites for hydroxylation is 1. The minimum atomic E-state index is -5.08. The second kappa shape index (κ2) is 11.6. The van der Waals surface area contributed by atoms with Crippen molar-refractivity contribution in [2.75, 3.05) is 6.54 Å². The lowest BCUT2D eigenvalue weighted by Gasteiger charge is -2.18. The fraction of sp³-hybridized carbons (Fsp3) is 0.240. The number of fused-ring (bicyclic) bond motifs is 1. The van der Waals surface area contributed by atoms with Crippen molar-refractivity contribution in [3.05, 3.63) is 77.4 Å². The number of likely N-dealkylation sites (tertiary alicyclic amines) is 1. The lowest BCUT2D eigenvalue weighted by atomic mass is 10.1. The number of carbonyl (C=O) groups is 2. The molecule has 0 aliphatic carbocycles. The van der Waals surface area contributed by atoms with Gasteiger partial charge in [0.1, 0.15) is 6.04 Å². The molecule has 0 saturated carbocycles. The first-order chi connectivity index (χ1) is 17.8. The van der Waals surface area contributed by atoms with Crippen molar-refractivity contribution in [2.24, 2.45) is 10.9 Å². The van der Waals surface area contributed by atoms with Gasteiger partial charge in [-0.25, -0.2) is 13.2 Å². The van der Waals surface area contributed by atoms with E-state index in [1.807, 2.05) is 49.4 Å². The number of hydrogen-bond acceptors (Lipinski definition) is 6. The number of halogens is 3. The van der Waals surface area contributed by atoms with Crippen LogP contribution in [0.15, 0.2) is 70.7 Å². The molecule has 1 aliphatic rings. The Morgan fingerprint density at radius 1 is 1.16 bits per heavy atom. The van der Waals surface area contributed by atoms with Crippen LogP contribution in [0.1, 0.15) is 23.1 Å². The third-order valence-corrected chi connectivity index (χ3v) is 7.13. The van der Waals surface area contributed by atoms with Gasteiger partial charge in [-0.2, -0.15) is 23.0 Å². The summed E-state index contributed by atoms with van der Waals surface area (Å²) in [5.74, 6) is 2.22. The van der Waals surface area contributed by atoms with E-state index in [4.69, 9.17) is 15.7 Å². The van der Waals surface area contributed by atoms with Crippen LogP contribution in [0.3, 0.4) is 0 Å². The van der Waals surface area contributed by atoms with Crippen LogP contribution in [-0.4, -0.2) is 55.3 Å². The summed E-state index contributed by atoms with van der Waals surface area (Å²) in [6.45, 7) is 2.85. The van der Waals surface area contributed by atoms with Crippen molar-refractivity contribution < 1.29 is 36.3 Å². The van der Waals surface area contributed by atoms with Crippen molar-refractivity contribution >= 4 is 38.9 Å². The van der Waals surface area contributed by atoms with Crippen molar-refractivity contribution in [2.45, 2.75) is 37.0 Å². The number of benzene rings is 3. The number of amides is 1. The molecule has 13 heteroatoms. The van der Waals surface area contributed by atoms with Gasteiger partial charge in [0.15, 0.2) is 0 Å². The molecule has 3 aromatic rings. The van der Waals surface area contributed by atoms with Gasteiger partial charge in [-0.3, -0.25) is 4.79 Å². The lowest BCUT2D eigenvalue weighted by molar-refractivity contribution is -0.192. The molecule has 0 aromatic heterocycles. The Kier molecular flexibility index (Phi) is 8.74.